The quantitative estimate of drug-likeness (QED) is 0.183. The minimum Gasteiger partial charge on any atom is -0.463 e. The van der Waals surface area contributed by atoms with Crippen molar-refractivity contribution in [3.63, 3.8) is 0 Å². The van der Waals surface area contributed by atoms with E-state index in [1.54, 1.807) is 33.8 Å². The number of carbonyl (C=O) groups is 3. The average Bonchev–Trinajstić information content (AvgIpc) is 3.50. The van der Waals surface area contributed by atoms with E-state index >= 15 is 0 Å². The third-order valence-electron chi connectivity index (χ3n) is 5.26. The first-order chi connectivity index (χ1) is 16.5. The van der Waals surface area contributed by atoms with E-state index in [1.165, 1.54) is 0 Å². The second kappa shape index (κ2) is 13.3. The third-order valence-corrected chi connectivity index (χ3v) is 5.26. The van der Waals surface area contributed by atoms with E-state index in [0.29, 0.717) is 31.6 Å². The van der Waals surface area contributed by atoms with Crippen molar-refractivity contribution in [2.24, 2.45) is 0 Å². The van der Waals surface area contributed by atoms with Gasteiger partial charge >= 0.3 is 18.0 Å². The van der Waals surface area contributed by atoms with Crippen molar-refractivity contribution in [2.45, 2.75) is 90.6 Å². The van der Waals surface area contributed by atoms with Gasteiger partial charge in [-0.2, -0.15) is 0 Å². The number of nitrogens with one attached hydrogen (secondary N) is 1. The summed E-state index contributed by atoms with van der Waals surface area (Å²) < 4.78 is 21.8. The van der Waals surface area contributed by atoms with E-state index in [9.17, 15) is 14.4 Å². The van der Waals surface area contributed by atoms with Crippen LogP contribution in [0.1, 0.15) is 72.3 Å². The maximum absolute atomic E-state index is 12.8. The molecule has 0 radical (unpaired) electrons. The monoisotopic (exact) mass is 489 g/mol. The summed E-state index contributed by atoms with van der Waals surface area (Å²) in [5, 5.41) is 2.59. The van der Waals surface area contributed by atoms with Crippen LogP contribution in [0.5, 0.6) is 0 Å². The Balaban J connectivity index is 2.00. The van der Waals surface area contributed by atoms with Gasteiger partial charge in [-0.05, 0) is 72.3 Å². The van der Waals surface area contributed by atoms with Crippen molar-refractivity contribution in [1.82, 2.24) is 5.32 Å². The van der Waals surface area contributed by atoms with Gasteiger partial charge in [0, 0.05) is 12.2 Å². The van der Waals surface area contributed by atoms with Gasteiger partial charge in [0.2, 0.25) is 0 Å². The fourth-order valence-electron chi connectivity index (χ4n) is 3.16. The highest BCUT2D eigenvalue weighted by atomic mass is 16.6. The topological polar surface area (TPSA) is 100 Å². The Kier molecular flexibility index (Phi) is 10.8. The lowest BCUT2D eigenvalue weighted by molar-refractivity contribution is -0.152. The van der Waals surface area contributed by atoms with Crippen LogP contribution in [0.2, 0.25) is 0 Å². The molecule has 1 aliphatic carbocycles. The van der Waals surface area contributed by atoms with E-state index in [-0.39, 0.29) is 13.0 Å². The summed E-state index contributed by atoms with van der Waals surface area (Å²) in [6.45, 7) is 10.00. The zero-order chi connectivity index (χ0) is 25.9. The van der Waals surface area contributed by atoms with E-state index in [1.807, 2.05) is 37.3 Å². The van der Waals surface area contributed by atoms with Crippen molar-refractivity contribution in [2.75, 3.05) is 13.2 Å². The fourth-order valence-corrected chi connectivity index (χ4v) is 3.16. The third kappa shape index (κ3) is 11.4. The van der Waals surface area contributed by atoms with Gasteiger partial charge in [-0.3, -0.25) is 0 Å². The Hall–Kier alpha value is -2.87. The molecule has 35 heavy (non-hydrogen) atoms. The Morgan fingerprint density at radius 2 is 1.83 bits per heavy atom. The Bertz CT molecular complexity index is 869. The lowest BCUT2D eigenvalue weighted by Crippen LogP contribution is -2.45. The summed E-state index contributed by atoms with van der Waals surface area (Å²) in [5.41, 5.74) is 0.297. The molecule has 2 rings (SSSR count). The van der Waals surface area contributed by atoms with E-state index in [0.717, 1.165) is 18.4 Å². The molecule has 0 saturated heterocycles. The molecule has 1 saturated carbocycles. The molecule has 0 heterocycles. The molecule has 1 aromatic carbocycles. The van der Waals surface area contributed by atoms with Crippen LogP contribution in [0.25, 0.3) is 0 Å². The van der Waals surface area contributed by atoms with Crippen molar-refractivity contribution in [3.8, 4) is 0 Å². The van der Waals surface area contributed by atoms with Crippen LogP contribution in [-0.2, 0) is 35.1 Å². The van der Waals surface area contributed by atoms with Gasteiger partial charge in [-0.1, -0.05) is 36.4 Å². The average molecular weight is 490 g/mol. The van der Waals surface area contributed by atoms with Crippen LogP contribution in [0.3, 0.4) is 0 Å². The van der Waals surface area contributed by atoms with Crippen LogP contribution in [0.4, 0.5) is 4.79 Å². The van der Waals surface area contributed by atoms with Gasteiger partial charge in [-0.25, -0.2) is 14.4 Å². The molecular formula is C27H39NO7. The van der Waals surface area contributed by atoms with Crippen LogP contribution < -0.4 is 5.32 Å². The zero-order valence-electron chi connectivity index (χ0n) is 21.6. The van der Waals surface area contributed by atoms with Crippen molar-refractivity contribution < 1.29 is 33.3 Å². The number of carbonyl (C=O) groups excluding carboxylic acids is 3. The normalized spacial score (nSPS) is 15.6. The molecule has 0 bridgehead atoms. The van der Waals surface area contributed by atoms with E-state index in [2.05, 4.69) is 5.32 Å². The van der Waals surface area contributed by atoms with Crippen LogP contribution in [0, 0.1) is 0 Å². The van der Waals surface area contributed by atoms with Crippen molar-refractivity contribution >= 4 is 18.0 Å². The van der Waals surface area contributed by atoms with Crippen LogP contribution in [0.15, 0.2) is 42.0 Å². The summed E-state index contributed by atoms with van der Waals surface area (Å²) in [4.78, 5) is 37.6. The van der Waals surface area contributed by atoms with E-state index < -0.39 is 35.3 Å². The van der Waals surface area contributed by atoms with Gasteiger partial charge in [0.1, 0.15) is 17.2 Å². The molecular weight excluding hydrogens is 450 g/mol. The smallest absolute Gasteiger partial charge is 0.408 e. The molecule has 194 valence electrons. The first kappa shape index (κ1) is 28.4. The molecule has 1 atom stereocenters. The molecule has 0 aliphatic heterocycles. The molecule has 0 spiro atoms. The highest BCUT2D eigenvalue weighted by Gasteiger charge is 2.43. The number of rotatable bonds is 13. The summed E-state index contributed by atoms with van der Waals surface area (Å²) >= 11 is 0. The second-order valence-corrected chi connectivity index (χ2v) is 9.90. The number of benzene rings is 1. The molecule has 8 heteroatoms. The first-order valence-electron chi connectivity index (χ1n) is 12.2. The highest BCUT2D eigenvalue weighted by Crippen LogP contribution is 2.39. The van der Waals surface area contributed by atoms with Gasteiger partial charge < -0.3 is 24.3 Å². The van der Waals surface area contributed by atoms with Gasteiger partial charge in [0.25, 0.3) is 0 Å². The van der Waals surface area contributed by atoms with Gasteiger partial charge in [0.15, 0.2) is 0 Å². The first-order valence-corrected chi connectivity index (χ1v) is 12.2. The number of alkyl carbamates (subject to hydrolysis) is 1. The highest BCUT2D eigenvalue weighted by molar-refractivity contribution is 5.88. The van der Waals surface area contributed by atoms with Crippen LogP contribution >= 0.6 is 0 Å². The molecule has 0 aromatic heterocycles. The second-order valence-electron chi connectivity index (χ2n) is 9.90. The SMILES string of the molecule is CCOC(=O)/C(=C\C[C@H](NC(=O)OC(C)(C)C)C(=O)OC1(C)CC1)CCCOCc1ccccc1. The predicted molar refractivity (Wildman–Crippen MR) is 132 cm³/mol. The Labute approximate surface area is 208 Å². The van der Waals surface area contributed by atoms with Crippen LogP contribution in [-0.4, -0.2) is 48.5 Å². The Morgan fingerprint density at radius 1 is 1.14 bits per heavy atom. The molecule has 0 unspecified atom stereocenters. The summed E-state index contributed by atoms with van der Waals surface area (Å²) in [6, 6.07) is 8.85. The number of hydrogen-bond donors (Lipinski definition) is 1. The Morgan fingerprint density at radius 3 is 2.43 bits per heavy atom. The molecule has 1 aliphatic rings. The largest absolute Gasteiger partial charge is 0.463 e. The number of amides is 1. The molecule has 1 amide bonds. The van der Waals surface area contributed by atoms with E-state index in [4.69, 9.17) is 18.9 Å². The molecule has 1 N–H and O–H groups in total. The molecule has 8 nitrogen and oxygen atoms in total. The summed E-state index contributed by atoms with van der Waals surface area (Å²) in [5.74, 6) is -1.00. The van der Waals surface area contributed by atoms with Crippen molar-refractivity contribution in [3.05, 3.63) is 47.5 Å². The lowest BCUT2D eigenvalue weighted by Gasteiger charge is -2.23. The maximum Gasteiger partial charge on any atom is 0.408 e. The standard InChI is InChI=1S/C27H39NO7/c1-6-33-23(29)21(13-10-18-32-19-20-11-8-7-9-12-20)14-15-22(24(30)34-27(5)16-17-27)28-25(31)35-26(2,3)4/h7-9,11-12,14,22H,6,10,13,15-19H2,1-5H3,(H,28,31)/b21-14-/t22-/m0/s1. The van der Waals surface area contributed by atoms with Gasteiger partial charge in [-0.15, -0.1) is 0 Å². The minimum absolute atomic E-state index is 0.0766. The number of esters is 2. The predicted octanol–water partition coefficient (Wildman–Crippen LogP) is 4.85. The van der Waals surface area contributed by atoms with Gasteiger partial charge in [0.05, 0.1) is 13.2 Å². The minimum atomic E-state index is -0.985. The maximum atomic E-state index is 12.8. The van der Waals surface area contributed by atoms with Crippen molar-refractivity contribution in [1.29, 1.82) is 0 Å². The summed E-state index contributed by atoms with van der Waals surface area (Å²) in [6.07, 6.45) is 3.57. The number of ether oxygens (including phenoxy) is 4. The molecule has 1 fully saturated rings. The lowest BCUT2D eigenvalue weighted by atomic mass is 10.1. The zero-order valence-corrected chi connectivity index (χ0v) is 21.6. The summed E-state index contributed by atoms with van der Waals surface area (Å²) in [7, 11) is 0. The number of hydrogen-bond acceptors (Lipinski definition) is 7. The molecule has 1 aromatic rings. The fraction of sp³-hybridized carbons (Fsp3) is 0.593.